The van der Waals surface area contributed by atoms with Crippen LogP contribution in [-0.4, -0.2) is 0 Å². The van der Waals surface area contributed by atoms with E-state index in [-0.39, 0.29) is 0 Å². The molecule has 0 saturated heterocycles. The maximum atomic E-state index is 5.48. The average Bonchev–Trinajstić information content (AvgIpc) is 2.87. The second-order valence-corrected chi connectivity index (χ2v) is 4.93. The Morgan fingerprint density at radius 2 is 1.68 bits per heavy atom. The molecule has 0 saturated carbocycles. The number of fused-ring (bicyclic) bond motifs is 1. The van der Waals surface area contributed by atoms with Gasteiger partial charge in [0.25, 0.3) is 0 Å². The van der Waals surface area contributed by atoms with E-state index in [1.807, 2.05) is 12.1 Å². The molecule has 1 aromatic heterocycles. The topological polar surface area (TPSA) is 13.1 Å². The summed E-state index contributed by atoms with van der Waals surface area (Å²) < 4.78 is 5.48. The first kappa shape index (κ1) is 11.8. The van der Waals surface area contributed by atoms with Crippen LogP contribution in [0.4, 0.5) is 0 Å². The lowest BCUT2D eigenvalue weighted by molar-refractivity contribution is 0.616. The van der Waals surface area contributed by atoms with Gasteiger partial charge in [-0.15, -0.1) is 0 Å². The Kier molecular flexibility index (Phi) is 2.75. The summed E-state index contributed by atoms with van der Waals surface area (Å²) in [4.78, 5) is 0. The van der Waals surface area contributed by atoms with Crippen molar-refractivity contribution in [3.8, 4) is 0 Å². The van der Waals surface area contributed by atoms with E-state index in [4.69, 9.17) is 4.42 Å². The van der Waals surface area contributed by atoms with Crippen LogP contribution in [0.15, 0.2) is 59.7 Å². The van der Waals surface area contributed by atoms with Crippen LogP contribution in [0.5, 0.6) is 0 Å². The van der Waals surface area contributed by atoms with Gasteiger partial charge in [-0.2, -0.15) is 0 Å². The van der Waals surface area contributed by atoms with E-state index in [1.54, 1.807) is 6.26 Å². The van der Waals surface area contributed by atoms with Crippen LogP contribution in [0.25, 0.3) is 16.5 Å². The van der Waals surface area contributed by atoms with Crippen LogP contribution in [0.2, 0.25) is 0 Å². The van der Waals surface area contributed by atoms with E-state index in [0.29, 0.717) is 0 Å². The smallest absolute Gasteiger partial charge is 0.134 e. The molecule has 0 amide bonds. The van der Waals surface area contributed by atoms with Crippen molar-refractivity contribution in [2.24, 2.45) is 0 Å². The van der Waals surface area contributed by atoms with Gasteiger partial charge >= 0.3 is 0 Å². The second-order valence-electron chi connectivity index (χ2n) is 4.93. The molecule has 0 unspecified atom stereocenters. The van der Waals surface area contributed by atoms with Crippen LogP contribution in [0, 0.1) is 13.8 Å². The van der Waals surface area contributed by atoms with Crippen LogP contribution < -0.4 is 0 Å². The van der Waals surface area contributed by atoms with Crippen LogP contribution in [0.3, 0.4) is 0 Å². The van der Waals surface area contributed by atoms with Crippen molar-refractivity contribution in [1.82, 2.24) is 0 Å². The Hall–Kier alpha value is -2.28. The van der Waals surface area contributed by atoms with Gasteiger partial charge in [-0.1, -0.05) is 42.5 Å². The number of aryl methyl sites for hydroxylation is 2. The molecular weight excluding hydrogens is 232 g/mol. The largest absolute Gasteiger partial charge is 0.464 e. The van der Waals surface area contributed by atoms with E-state index in [0.717, 1.165) is 22.1 Å². The van der Waals surface area contributed by atoms with Gasteiger partial charge in [-0.05, 0) is 48.2 Å². The second kappa shape index (κ2) is 4.43. The maximum Gasteiger partial charge on any atom is 0.134 e. The van der Waals surface area contributed by atoms with Crippen molar-refractivity contribution in [1.29, 1.82) is 0 Å². The molecule has 0 bridgehead atoms. The molecule has 0 fully saturated rings. The minimum absolute atomic E-state index is 0.911. The zero-order valence-corrected chi connectivity index (χ0v) is 11.2. The van der Waals surface area contributed by atoms with Crippen LogP contribution in [0.1, 0.15) is 22.3 Å². The molecule has 3 aromatic rings. The number of hydrogen-bond donors (Lipinski definition) is 0. The fourth-order valence-electron chi connectivity index (χ4n) is 2.45. The maximum absolute atomic E-state index is 5.48. The Balaban J connectivity index is 2.18. The predicted octanol–water partition coefficient (Wildman–Crippen LogP) is 5.11. The third-order valence-electron chi connectivity index (χ3n) is 3.55. The van der Waals surface area contributed by atoms with Crippen molar-refractivity contribution in [3.63, 3.8) is 0 Å². The highest BCUT2D eigenvalue weighted by atomic mass is 16.3. The standard InChI is InChI=1S/C18H16O/c1-12-4-7-15(8-5-12)14(3)18-13(2)6-9-17-16(18)10-11-19-17/h4-11H,3H2,1-2H3. The minimum atomic E-state index is 0.911. The lowest BCUT2D eigenvalue weighted by atomic mass is 9.92. The Morgan fingerprint density at radius 3 is 2.42 bits per heavy atom. The van der Waals surface area contributed by atoms with E-state index in [2.05, 4.69) is 50.8 Å². The van der Waals surface area contributed by atoms with E-state index in [9.17, 15) is 0 Å². The Labute approximate surface area is 113 Å². The molecule has 0 spiro atoms. The highest BCUT2D eigenvalue weighted by Gasteiger charge is 2.11. The molecule has 94 valence electrons. The van der Waals surface area contributed by atoms with Crippen molar-refractivity contribution in [2.75, 3.05) is 0 Å². The molecule has 2 aromatic carbocycles. The minimum Gasteiger partial charge on any atom is -0.464 e. The number of furan rings is 1. The van der Waals surface area contributed by atoms with E-state index in [1.165, 1.54) is 16.7 Å². The summed E-state index contributed by atoms with van der Waals surface area (Å²) in [6.45, 7) is 8.48. The Bertz CT molecular complexity index is 745. The summed E-state index contributed by atoms with van der Waals surface area (Å²) in [7, 11) is 0. The monoisotopic (exact) mass is 248 g/mol. The molecule has 0 aliphatic heterocycles. The SMILES string of the molecule is C=C(c1ccc(C)cc1)c1c(C)ccc2occc12. The fourth-order valence-corrected chi connectivity index (χ4v) is 2.45. The van der Waals surface area contributed by atoms with Gasteiger partial charge in [-0.25, -0.2) is 0 Å². The third-order valence-corrected chi connectivity index (χ3v) is 3.55. The lowest BCUT2D eigenvalue weighted by Crippen LogP contribution is -1.91. The molecule has 19 heavy (non-hydrogen) atoms. The summed E-state index contributed by atoms with van der Waals surface area (Å²) in [5.74, 6) is 0. The summed E-state index contributed by atoms with van der Waals surface area (Å²) >= 11 is 0. The third kappa shape index (κ3) is 1.97. The van der Waals surface area contributed by atoms with Gasteiger partial charge in [0.1, 0.15) is 5.58 Å². The molecule has 0 aliphatic carbocycles. The van der Waals surface area contributed by atoms with Gasteiger partial charge in [0.2, 0.25) is 0 Å². The van der Waals surface area contributed by atoms with Gasteiger partial charge < -0.3 is 4.42 Å². The molecule has 0 N–H and O–H groups in total. The Morgan fingerprint density at radius 1 is 0.947 bits per heavy atom. The molecule has 0 atom stereocenters. The summed E-state index contributed by atoms with van der Waals surface area (Å²) in [5, 5.41) is 1.13. The summed E-state index contributed by atoms with van der Waals surface area (Å²) in [6, 6.07) is 14.6. The molecule has 1 nitrogen and oxygen atoms in total. The number of hydrogen-bond acceptors (Lipinski definition) is 1. The van der Waals surface area contributed by atoms with Crippen LogP contribution >= 0.6 is 0 Å². The van der Waals surface area contributed by atoms with E-state index >= 15 is 0 Å². The molecule has 3 rings (SSSR count). The highest BCUT2D eigenvalue weighted by Crippen LogP contribution is 2.32. The number of rotatable bonds is 2. The first-order chi connectivity index (χ1) is 9.16. The van der Waals surface area contributed by atoms with Crippen molar-refractivity contribution < 1.29 is 4.42 Å². The molecular formula is C18H16O. The molecule has 1 heterocycles. The number of benzene rings is 2. The summed E-state index contributed by atoms with van der Waals surface area (Å²) in [5.41, 5.74) is 6.77. The zero-order chi connectivity index (χ0) is 13.4. The van der Waals surface area contributed by atoms with Crippen molar-refractivity contribution in [2.45, 2.75) is 13.8 Å². The first-order valence-electron chi connectivity index (χ1n) is 6.40. The molecule has 0 radical (unpaired) electrons. The van der Waals surface area contributed by atoms with Gasteiger partial charge in [-0.3, -0.25) is 0 Å². The lowest BCUT2D eigenvalue weighted by Gasteiger charge is -2.11. The van der Waals surface area contributed by atoms with Gasteiger partial charge in [0.15, 0.2) is 0 Å². The van der Waals surface area contributed by atoms with Gasteiger partial charge in [0.05, 0.1) is 6.26 Å². The van der Waals surface area contributed by atoms with Crippen LogP contribution in [-0.2, 0) is 0 Å². The normalized spacial score (nSPS) is 10.8. The summed E-state index contributed by atoms with van der Waals surface area (Å²) in [6.07, 6.45) is 1.73. The average molecular weight is 248 g/mol. The van der Waals surface area contributed by atoms with Gasteiger partial charge in [0, 0.05) is 5.39 Å². The molecule has 1 heteroatoms. The van der Waals surface area contributed by atoms with Crippen molar-refractivity contribution in [3.05, 3.63) is 77.6 Å². The van der Waals surface area contributed by atoms with E-state index < -0.39 is 0 Å². The molecule has 0 aliphatic rings. The fraction of sp³-hybridized carbons (Fsp3) is 0.111. The quantitative estimate of drug-likeness (QED) is 0.614. The van der Waals surface area contributed by atoms with Crippen molar-refractivity contribution >= 4 is 16.5 Å². The first-order valence-corrected chi connectivity index (χ1v) is 6.40. The predicted molar refractivity (Wildman–Crippen MR) is 80.3 cm³/mol. The highest BCUT2D eigenvalue weighted by molar-refractivity contribution is 5.96. The zero-order valence-electron chi connectivity index (χ0n) is 11.2.